The fourth-order valence-electron chi connectivity index (χ4n) is 7.86. The van der Waals surface area contributed by atoms with Crippen LogP contribution in [0.4, 0.5) is 0 Å². The second-order valence-electron chi connectivity index (χ2n) is 9.90. The molecular weight excluding hydrogens is 268 g/mol. The van der Waals surface area contributed by atoms with Crippen molar-refractivity contribution >= 4 is 0 Å². The minimum Gasteiger partial charge on any atom is -0.390 e. The van der Waals surface area contributed by atoms with Crippen molar-refractivity contribution in [2.24, 2.45) is 40.9 Å². The number of hydrogen-bond acceptors (Lipinski definition) is 1. The van der Waals surface area contributed by atoms with Crippen LogP contribution in [0.25, 0.3) is 0 Å². The Morgan fingerprint density at radius 1 is 0.864 bits per heavy atom. The Morgan fingerprint density at radius 3 is 2.41 bits per heavy atom. The summed E-state index contributed by atoms with van der Waals surface area (Å²) in [7, 11) is 0. The van der Waals surface area contributed by atoms with Gasteiger partial charge in [-0.3, -0.25) is 0 Å². The van der Waals surface area contributed by atoms with E-state index in [0.29, 0.717) is 5.41 Å². The highest BCUT2D eigenvalue weighted by molar-refractivity contribution is 5.06. The zero-order valence-electron chi connectivity index (χ0n) is 15.0. The summed E-state index contributed by atoms with van der Waals surface area (Å²) in [6, 6.07) is 0. The highest BCUT2D eigenvalue weighted by Gasteiger charge is 2.56. The summed E-state index contributed by atoms with van der Waals surface area (Å²) in [5.41, 5.74) is 0.306. The molecule has 4 fully saturated rings. The molecule has 22 heavy (non-hydrogen) atoms. The number of fused-ring (bicyclic) bond motifs is 5. The first-order valence-electron chi connectivity index (χ1n) is 10.2. The molecule has 0 aromatic rings. The van der Waals surface area contributed by atoms with E-state index in [1.165, 1.54) is 51.4 Å². The van der Waals surface area contributed by atoms with Crippen molar-refractivity contribution in [1.82, 2.24) is 0 Å². The third kappa shape index (κ3) is 2.21. The summed E-state index contributed by atoms with van der Waals surface area (Å²) < 4.78 is 0. The van der Waals surface area contributed by atoms with Gasteiger partial charge in [0.15, 0.2) is 0 Å². The van der Waals surface area contributed by atoms with Crippen molar-refractivity contribution in [2.75, 3.05) is 0 Å². The third-order valence-electron chi connectivity index (χ3n) is 8.93. The maximum atomic E-state index is 10.5. The van der Waals surface area contributed by atoms with Crippen LogP contribution in [0.2, 0.25) is 0 Å². The van der Waals surface area contributed by atoms with Crippen molar-refractivity contribution in [2.45, 2.75) is 90.6 Å². The summed E-state index contributed by atoms with van der Waals surface area (Å²) in [4.78, 5) is 0. The number of rotatable bonds is 1. The lowest BCUT2D eigenvalue weighted by Crippen LogP contribution is -2.50. The van der Waals surface area contributed by atoms with E-state index < -0.39 is 0 Å². The van der Waals surface area contributed by atoms with Gasteiger partial charge in [-0.15, -0.1) is 0 Å². The molecular formula is C21H36O. The molecule has 0 spiro atoms. The minimum atomic E-state index is -0.363. The van der Waals surface area contributed by atoms with Crippen LogP contribution < -0.4 is 0 Å². The molecule has 0 bridgehead atoms. The zero-order chi connectivity index (χ0) is 15.5. The average Bonchev–Trinajstić information content (AvgIpc) is 2.82. The molecule has 8 unspecified atom stereocenters. The van der Waals surface area contributed by atoms with E-state index in [-0.39, 0.29) is 5.60 Å². The molecule has 4 rings (SSSR count). The molecule has 126 valence electrons. The Bertz CT molecular complexity index is 428. The van der Waals surface area contributed by atoms with Crippen molar-refractivity contribution in [1.29, 1.82) is 0 Å². The normalized spacial score (nSPS) is 57.8. The van der Waals surface area contributed by atoms with Crippen LogP contribution in [0.15, 0.2) is 0 Å². The maximum Gasteiger partial charge on any atom is 0.0622 e. The summed E-state index contributed by atoms with van der Waals surface area (Å²) >= 11 is 0. The van der Waals surface area contributed by atoms with Gasteiger partial charge in [0.25, 0.3) is 0 Å². The Hall–Kier alpha value is -0.0400. The van der Waals surface area contributed by atoms with Crippen LogP contribution in [-0.4, -0.2) is 10.7 Å². The van der Waals surface area contributed by atoms with Gasteiger partial charge in [-0.2, -0.15) is 0 Å². The Morgan fingerprint density at radius 2 is 1.64 bits per heavy atom. The summed E-state index contributed by atoms with van der Waals surface area (Å²) in [6.45, 7) is 7.15. The standard InChI is InChI=1S/C21H36O/c1-4-15-6-8-19-18-7-5-14-13-20(2,22)11-9-16(14)17(18)10-12-21(15,19)3/h14-19,22H,4-13H2,1-3H3. The van der Waals surface area contributed by atoms with E-state index in [4.69, 9.17) is 0 Å². The molecule has 1 nitrogen and oxygen atoms in total. The molecule has 0 heterocycles. The fraction of sp³-hybridized carbons (Fsp3) is 1.00. The molecule has 1 N–H and O–H groups in total. The molecule has 0 saturated heterocycles. The first kappa shape index (κ1) is 15.5. The molecule has 8 atom stereocenters. The van der Waals surface area contributed by atoms with Gasteiger partial charge in [-0.25, -0.2) is 0 Å². The number of aliphatic hydroxyl groups is 1. The lowest BCUT2D eigenvalue weighted by Gasteiger charge is -2.57. The topological polar surface area (TPSA) is 20.2 Å². The highest BCUT2D eigenvalue weighted by Crippen LogP contribution is 2.65. The second kappa shape index (κ2) is 5.23. The molecule has 0 amide bonds. The SMILES string of the molecule is CCC1CCC2C3CCC4CC(C)(O)CCC4C3CCC12C. The van der Waals surface area contributed by atoms with E-state index in [1.54, 1.807) is 0 Å². The summed E-state index contributed by atoms with van der Waals surface area (Å²) in [6.07, 6.45) is 13.7. The summed E-state index contributed by atoms with van der Waals surface area (Å²) in [5, 5.41) is 10.5. The average molecular weight is 305 g/mol. The van der Waals surface area contributed by atoms with Gasteiger partial charge in [0.2, 0.25) is 0 Å². The van der Waals surface area contributed by atoms with Crippen LogP contribution in [0.5, 0.6) is 0 Å². The molecule has 0 aliphatic heterocycles. The third-order valence-corrected chi connectivity index (χ3v) is 8.93. The number of hydrogen-bond donors (Lipinski definition) is 1. The molecule has 0 aromatic carbocycles. The van der Waals surface area contributed by atoms with E-state index in [2.05, 4.69) is 20.8 Å². The van der Waals surface area contributed by atoms with Crippen LogP contribution in [0.1, 0.15) is 85.0 Å². The van der Waals surface area contributed by atoms with Crippen molar-refractivity contribution in [3.63, 3.8) is 0 Å². The van der Waals surface area contributed by atoms with E-state index in [0.717, 1.165) is 48.3 Å². The van der Waals surface area contributed by atoms with Crippen molar-refractivity contribution < 1.29 is 5.11 Å². The Kier molecular flexibility index (Phi) is 3.68. The van der Waals surface area contributed by atoms with Crippen LogP contribution in [0, 0.1) is 40.9 Å². The van der Waals surface area contributed by atoms with Gasteiger partial charge >= 0.3 is 0 Å². The van der Waals surface area contributed by atoms with E-state index in [9.17, 15) is 5.11 Å². The molecule has 4 aliphatic rings. The Labute approximate surface area is 137 Å². The molecule has 0 radical (unpaired) electrons. The predicted molar refractivity (Wildman–Crippen MR) is 91.5 cm³/mol. The van der Waals surface area contributed by atoms with Gasteiger partial charge < -0.3 is 5.11 Å². The first-order chi connectivity index (χ1) is 10.4. The zero-order valence-corrected chi connectivity index (χ0v) is 15.0. The molecule has 4 aliphatic carbocycles. The quantitative estimate of drug-likeness (QED) is 0.686. The lowest BCUT2D eigenvalue weighted by molar-refractivity contribution is -0.0997. The van der Waals surface area contributed by atoms with Crippen molar-refractivity contribution in [3.8, 4) is 0 Å². The second-order valence-corrected chi connectivity index (χ2v) is 9.90. The van der Waals surface area contributed by atoms with Crippen LogP contribution in [-0.2, 0) is 0 Å². The van der Waals surface area contributed by atoms with Gasteiger partial charge in [-0.1, -0.05) is 20.3 Å². The maximum absolute atomic E-state index is 10.5. The molecule has 0 aromatic heterocycles. The van der Waals surface area contributed by atoms with Gasteiger partial charge in [0.1, 0.15) is 0 Å². The molecule has 1 heteroatoms. The smallest absolute Gasteiger partial charge is 0.0622 e. The predicted octanol–water partition coefficient (Wildman–Crippen LogP) is 5.42. The van der Waals surface area contributed by atoms with Crippen molar-refractivity contribution in [3.05, 3.63) is 0 Å². The Balaban J connectivity index is 1.54. The monoisotopic (exact) mass is 304 g/mol. The highest BCUT2D eigenvalue weighted by atomic mass is 16.3. The van der Waals surface area contributed by atoms with E-state index >= 15 is 0 Å². The molecule has 4 saturated carbocycles. The van der Waals surface area contributed by atoms with Crippen LogP contribution >= 0.6 is 0 Å². The van der Waals surface area contributed by atoms with Gasteiger partial charge in [0.05, 0.1) is 5.60 Å². The largest absolute Gasteiger partial charge is 0.390 e. The fourth-order valence-corrected chi connectivity index (χ4v) is 7.86. The van der Waals surface area contributed by atoms with Crippen LogP contribution in [0.3, 0.4) is 0 Å². The van der Waals surface area contributed by atoms with Gasteiger partial charge in [-0.05, 0) is 106 Å². The first-order valence-corrected chi connectivity index (χ1v) is 10.2. The van der Waals surface area contributed by atoms with E-state index in [1.807, 2.05) is 0 Å². The lowest BCUT2D eigenvalue weighted by atomic mass is 9.49. The minimum absolute atomic E-state index is 0.363. The van der Waals surface area contributed by atoms with Gasteiger partial charge in [0, 0.05) is 0 Å². The summed E-state index contributed by atoms with van der Waals surface area (Å²) in [5.74, 6) is 5.84.